The lowest BCUT2D eigenvalue weighted by Gasteiger charge is -2.37. The van der Waals surface area contributed by atoms with E-state index in [9.17, 15) is 4.79 Å². The Labute approximate surface area is 127 Å². The van der Waals surface area contributed by atoms with Gasteiger partial charge in [0, 0.05) is 7.11 Å². The second kappa shape index (κ2) is 6.18. The number of carbonyl (C=O) groups excluding carboxylic acids is 1. The third-order valence-electron chi connectivity index (χ3n) is 4.78. The molecule has 0 bridgehead atoms. The van der Waals surface area contributed by atoms with Gasteiger partial charge in [-0.3, -0.25) is 4.79 Å². The van der Waals surface area contributed by atoms with E-state index in [0.717, 1.165) is 36.8 Å². The minimum absolute atomic E-state index is 0.0752. The van der Waals surface area contributed by atoms with Crippen molar-refractivity contribution < 1.29 is 14.3 Å². The van der Waals surface area contributed by atoms with Gasteiger partial charge in [-0.25, -0.2) is 0 Å². The van der Waals surface area contributed by atoms with Crippen LogP contribution in [0.1, 0.15) is 54.1 Å². The SMILES string of the molecule is COc1cc(C)cc(C)c1C(=O)C1(OC)CCC(C)CC1. The average molecular weight is 290 g/mol. The van der Waals surface area contributed by atoms with E-state index in [0.29, 0.717) is 17.2 Å². The number of hydrogen-bond donors (Lipinski definition) is 0. The summed E-state index contributed by atoms with van der Waals surface area (Å²) in [5.41, 5.74) is 2.07. The largest absolute Gasteiger partial charge is 0.496 e. The number of ketones is 1. The van der Waals surface area contributed by atoms with Gasteiger partial charge in [-0.1, -0.05) is 13.0 Å². The van der Waals surface area contributed by atoms with Gasteiger partial charge in [0.05, 0.1) is 12.7 Å². The van der Waals surface area contributed by atoms with Gasteiger partial charge in [-0.2, -0.15) is 0 Å². The highest BCUT2D eigenvalue weighted by atomic mass is 16.5. The van der Waals surface area contributed by atoms with Crippen molar-refractivity contribution in [1.82, 2.24) is 0 Å². The van der Waals surface area contributed by atoms with Gasteiger partial charge in [0.25, 0.3) is 0 Å². The van der Waals surface area contributed by atoms with Gasteiger partial charge in [0.1, 0.15) is 11.4 Å². The van der Waals surface area contributed by atoms with E-state index in [1.165, 1.54) is 0 Å². The van der Waals surface area contributed by atoms with Crippen molar-refractivity contribution in [2.24, 2.45) is 5.92 Å². The molecule has 1 aliphatic carbocycles. The lowest BCUT2D eigenvalue weighted by atomic mass is 9.74. The summed E-state index contributed by atoms with van der Waals surface area (Å²) in [7, 11) is 3.28. The first kappa shape index (κ1) is 16.0. The number of carbonyl (C=O) groups is 1. The standard InChI is InChI=1S/C18H26O3/c1-12-6-8-18(21-5,9-7-12)17(19)16-14(3)10-13(2)11-15(16)20-4/h10-12H,6-9H2,1-5H3. The van der Waals surface area contributed by atoms with Gasteiger partial charge in [-0.15, -0.1) is 0 Å². The van der Waals surface area contributed by atoms with E-state index in [4.69, 9.17) is 9.47 Å². The second-order valence-corrected chi connectivity index (χ2v) is 6.37. The quantitative estimate of drug-likeness (QED) is 0.783. The topological polar surface area (TPSA) is 35.5 Å². The Morgan fingerprint density at radius 2 is 1.81 bits per heavy atom. The van der Waals surface area contributed by atoms with Crippen molar-refractivity contribution in [3.05, 3.63) is 28.8 Å². The Balaban J connectivity index is 2.43. The van der Waals surface area contributed by atoms with Gasteiger partial charge >= 0.3 is 0 Å². The molecule has 1 aromatic rings. The molecule has 1 aromatic carbocycles. The summed E-state index contributed by atoms with van der Waals surface area (Å²) < 4.78 is 11.2. The molecule has 0 aromatic heterocycles. The zero-order valence-electron chi connectivity index (χ0n) is 13.8. The van der Waals surface area contributed by atoms with Crippen molar-refractivity contribution in [2.75, 3.05) is 14.2 Å². The number of rotatable bonds is 4. The third-order valence-corrected chi connectivity index (χ3v) is 4.78. The van der Waals surface area contributed by atoms with E-state index in [1.54, 1.807) is 14.2 Å². The van der Waals surface area contributed by atoms with Crippen LogP contribution >= 0.6 is 0 Å². The van der Waals surface area contributed by atoms with E-state index < -0.39 is 5.60 Å². The molecule has 0 atom stereocenters. The van der Waals surface area contributed by atoms with Crippen molar-refractivity contribution in [3.8, 4) is 5.75 Å². The highest BCUT2D eigenvalue weighted by Crippen LogP contribution is 2.39. The van der Waals surface area contributed by atoms with Crippen LogP contribution in [0.5, 0.6) is 5.75 Å². The van der Waals surface area contributed by atoms with Crippen LogP contribution in [0.2, 0.25) is 0 Å². The molecule has 116 valence electrons. The number of benzene rings is 1. The van der Waals surface area contributed by atoms with Crippen LogP contribution in [0.25, 0.3) is 0 Å². The lowest BCUT2D eigenvalue weighted by Crippen LogP contribution is -2.44. The highest BCUT2D eigenvalue weighted by molar-refractivity contribution is 6.06. The molecule has 0 saturated heterocycles. The van der Waals surface area contributed by atoms with Crippen molar-refractivity contribution >= 4 is 5.78 Å². The summed E-state index contributed by atoms with van der Waals surface area (Å²) in [5.74, 6) is 1.40. The predicted molar refractivity (Wildman–Crippen MR) is 84.2 cm³/mol. The Kier molecular flexibility index (Phi) is 4.72. The first-order valence-corrected chi connectivity index (χ1v) is 7.68. The fourth-order valence-corrected chi connectivity index (χ4v) is 3.36. The fourth-order valence-electron chi connectivity index (χ4n) is 3.36. The molecule has 0 unspecified atom stereocenters. The van der Waals surface area contributed by atoms with Crippen LogP contribution in [0.4, 0.5) is 0 Å². The molecule has 0 heterocycles. The number of ether oxygens (including phenoxy) is 2. The molecule has 1 aliphatic rings. The number of hydrogen-bond acceptors (Lipinski definition) is 3. The van der Waals surface area contributed by atoms with Crippen LogP contribution < -0.4 is 4.74 Å². The first-order chi connectivity index (χ1) is 9.93. The molecule has 0 aliphatic heterocycles. The van der Waals surface area contributed by atoms with Crippen LogP contribution in [0, 0.1) is 19.8 Å². The number of Topliss-reactive ketones (excluding diaryl/α,β-unsaturated/α-hetero) is 1. The maximum atomic E-state index is 13.2. The molecule has 3 nitrogen and oxygen atoms in total. The first-order valence-electron chi connectivity index (χ1n) is 7.68. The molecular formula is C18H26O3. The van der Waals surface area contributed by atoms with Crippen LogP contribution in [-0.4, -0.2) is 25.6 Å². The molecular weight excluding hydrogens is 264 g/mol. The summed E-state index contributed by atoms with van der Waals surface area (Å²) in [6.45, 7) is 6.22. The number of methoxy groups -OCH3 is 2. The molecule has 1 saturated carbocycles. The zero-order chi connectivity index (χ0) is 15.6. The van der Waals surface area contributed by atoms with Gasteiger partial charge in [0.15, 0.2) is 5.78 Å². The summed E-state index contributed by atoms with van der Waals surface area (Å²) >= 11 is 0. The van der Waals surface area contributed by atoms with Crippen LogP contribution in [0.3, 0.4) is 0 Å². The smallest absolute Gasteiger partial charge is 0.198 e. The van der Waals surface area contributed by atoms with Crippen molar-refractivity contribution in [3.63, 3.8) is 0 Å². The van der Waals surface area contributed by atoms with Crippen LogP contribution in [-0.2, 0) is 4.74 Å². The highest BCUT2D eigenvalue weighted by Gasteiger charge is 2.43. The Hall–Kier alpha value is -1.35. The normalized spacial score (nSPS) is 25.7. The minimum atomic E-state index is -0.681. The molecule has 0 radical (unpaired) electrons. The molecule has 0 spiro atoms. The fraction of sp³-hybridized carbons (Fsp3) is 0.611. The lowest BCUT2D eigenvalue weighted by molar-refractivity contribution is -0.0265. The third kappa shape index (κ3) is 2.98. The van der Waals surface area contributed by atoms with Crippen molar-refractivity contribution in [1.29, 1.82) is 0 Å². The Bertz CT molecular complexity index is 526. The summed E-state index contributed by atoms with van der Waals surface area (Å²) in [5, 5.41) is 0. The molecule has 1 fully saturated rings. The van der Waals surface area contributed by atoms with E-state index >= 15 is 0 Å². The Morgan fingerprint density at radius 3 is 2.33 bits per heavy atom. The maximum Gasteiger partial charge on any atom is 0.198 e. The minimum Gasteiger partial charge on any atom is -0.496 e. The van der Waals surface area contributed by atoms with Gasteiger partial charge < -0.3 is 9.47 Å². The second-order valence-electron chi connectivity index (χ2n) is 6.37. The average Bonchev–Trinajstić information content (AvgIpc) is 2.47. The van der Waals surface area contributed by atoms with E-state index in [-0.39, 0.29) is 5.78 Å². The van der Waals surface area contributed by atoms with Crippen LogP contribution in [0.15, 0.2) is 12.1 Å². The van der Waals surface area contributed by atoms with Gasteiger partial charge in [-0.05, 0) is 62.6 Å². The molecule has 0 N–H and O–H groups in total. The molecule has 0 amide bonds. The zero-order valence-corrected chi connectivity index (χ0v) is 13.8. The summed E-state index contributed by atoms with van der Waals surface area (Å²) in [4.78, 5) is 13.2. The van der Waals surface area contributed by atoms with E-state index in [1.807, 2.05) is 26.0 Å². The molecule has 3 heteroatoms. The molecule has 2 rings (SSSR count). The molecule has 21 heavy (non-hydrogen) atoms. The van der Waals surface area contributed by atoms with Gasteiger partial charge in [0.2, 0.25) is 0 Å². The summed E-state index contributed by atoms with van der Waals surface area (Å²) in [6, 6.07) is 3.96. The maximum absolute atomic E-state index is 13.2. The predicted octanol–water partition coefficient (Wildman–Crippen LogP) is 4.09. The van der Waals surface area contributed by atoms with Crippen molar-refractivity contribution in [2.45, 2.75) is 52.1 Å². The van der Waals surface area contributed by atoms with E-state index in [2.05, 4.69) is 6.92 Å². The number of aryl methyl sites for hydroxylation is 2. The monoisotopic (exact) mass is 290 g/mol. The summed E-state index contributed by atoms with van der Waals surface area (Å²) in [6.07, 6.45) is 3.65. The Morgan fingerprint density at radius 1 is 1.19 bits per heavy atom.